The van der Waals surface area contributed by atoms with Crippen LogP contribution in [0.25, 0.3) is 0 Å². The van der Waals surface area contributed by atoms with Crippen molar-refractivity contribution in [3.63, 3.8) is 0 Å². The van der Waals surface area contributed by atoms with Crippen LogP contribution < -0.4 is 0 Å². The van der Waals surface area contributed by atoms with Gasteiger partial charge in [0.05, 0.1) is 12.4 Å². The van der Waals surface area contributed by atoms with Crippen molar-refractivity contribution in [1.82, 2.24) is 0 Å². The van der Waals surface area contributed by atoms with Gasteiger partial charge < -0.3 is 5.11 Å². The van der Waals surface area contributed by atoms with Gasteiger partial charge in [0.1, 0.15) is 6.10 Å². The highest BCUT2D eigenvalue weighted by Gasteiger charge is 2.19. The van der Waals surface area contributed by atoms with Crippen molar-refractivity contribution in [2.24, 2.45) is 0 Å². The molecule has 0 radical (unpaired) electrons. The summed E-state index contributed by atoms with van der Waals surface area (Å²) >= 11 is 13.4. The fourth-order valence-corrected chi connectivity index (χ4v) is 5.66. The highest BCUT2D eigenvalue weighted by atomic mass is 79.9. The van der Waals surface area contributed by atoms with Gasteiger partial charge in [0.2, 0.25) is 0 Å². The minimum Gasteiger partial charge on any atom is -0.383 e. The number of thiophene rings is 2. The second-order valence-corrected chi connectivity index (χ2v) is 8.37. The predicted octanol–water partition coefficient (Wildman–Crippen LogP) is 5.18. The third-order valence-electron chi connectivity index (χ3n) is 1.87. The van der Waals surface area contributed by atoms with Gasteiger partial charge in [-0.15, -0.1) is 22.7 Å². The maximum atomic E-state index is 10.2. The molecule has 0 amide bonds. The number of aliphatic hydroxyl groups excluding tert-OH is 1. The summed E-state index contributed by atoms with van der Waals surface area (Å²) in [5, 5.41) is 12.1. The second kappa shape index (κ2) is 4.98. The molecule has 0 aromatic carbocycles. The van der Waals surface area contributed by atoms with E-state index in [4.69, 9.17) is 0 Å². The molecule has 1 atom stereocenters. The van der Waals surface area contributed by atoms with Crippen LogP contribution in [0.5, 0.6) is 0 Å². The Morgan fingerprint density at radius 1 is 1.27 bits per heavy atom. The molecule has 2 aromatic rings. The van der Waals surface area contributed by atoms with E-state index in [1.54, 1.807) is 22.7 Å². The molecule has 2 aromatic heterocycles. The lowest BCUT2D eigenvalue weighted by molar-refractivity contribution is 0.223. The largest absolute Gasteiger partial charge is 0.383 e. The van der Waals surface area contributed by atoms with Crippen LogP contribution in [0.15, 0.2) is 29.6 Å². The fourth-order valence-electron chi connectivity index (χ4n) is 1.18. The highest BCUT2D eigenvalue weighted by molar-refractivity contribution is 9.12. The normalized spacial score (nSPS) is 13.1. The molecule has 2 rings (SSSR count). The minimum atomic E-state index is -0.573. The Bertz CT molecular complexity index is 477. The van der Waals surface area contributed by atoms with E-state index >= 15 is 0 Å². The summed E-state index contributed by atoms with van der Waals surface area (Å²) in [5.41, 5.74) is 0.898. The molecule has 80 valence electrons. The third-order valence-corrected chi connectivity index (χ3v) is 6.18. The van der Waals surface area contributed by atoms with Crippen LogP contribution in [0.1, 0.15) is 16.5 Å². The van der Waals surface area contributed by atoms with E-state index in [1.807, 2.05) is 17.5 Å². The van der Waals surface area contributed by atoms with Crippen molar-refractivity contribution in [2.75, 3.05) is 0 Å². The summed E-state index contributed by atoms with van der Waals surface area (Å²) in [6.07, 6.45) is -0.573. The zero-order valence-electron chi connectivity index (χ0n) is 7.21. The summed E-state index contributed by atoms with van der Waals surface area (Å²) in [5.74, 6) is 0. The second-order valence-electron chi connectivity index (χ2n) is 2.81. The Morgan fingerprint density at radius 3 is 2.47 bits per heavy atom. The van der Waals surface area contributed by atoms with Crippen molar-refractivity contribution in [2.45, 2.75) is 6.10 Å². The highest BCUT2D eigenvalue weighted by Crippen LogP contribution is 2.41. The van der Waals surface area contributed by atoms with Crippen molar-refractivity contribution in [3.8, 4) is 0 Å². The third kappa shape index (κ3) is 2.56. The molecule has 0 saturated carbocycles. The van der Waals surface area contributed by atoms with E-state index in [1.165, 1.54) is 0 Å². The average molecular weight is 433 g/mol. The Morgan fingerprint density at radius 2 is 2.00 bits per heavy atom. The topological polar surface area (TPSA) is 20.2 Å². The Kier molecular flexibility index (Phi) is 4.07. The molecule has 0 spiro atoms. The van der Waals surface area contributed by atoms with E-state index < -0.39 is 6.10 Å². The molecule has 1 nitrogen and oxygen atoms in total. The Balaban J connectivity index is 2.40. The van der Waals surface area contributed by atoms with Crippen LogP contribution in [0.2, 0.25) is 0 Å². The zero-order valence-corrected chi connectivity index (χ0v) is 13.6. The van der Waals surface area contributed by atoms with Gasteiger partial charge in [-0.2, -0.15) is 0 Å². The molecule has 0 aliphatic rings. The van der Waals surface area contributed by atoms with Gasteiger partial charge in [0.25, 0.3) is 0 Å². The molecule has 0 fully saturated rings. The number of rotatable bonds is 2. The summed E-state index contributed by atoms with van der Waals surface area (Å²) in [6.45, 7) is 0. The number of hydrogen-bond acceptors (Lipinski definition) is 3. The van der Waals surface area contributed by atoms with Crippen LogP contribution in [0, 0.1) is 0 Å². The van der Waals surface area contributed by atoms with E-state index in [-0.39, 0.29) is 0 Å². The molecule has 1 unspecified atom stereocenters. The lowest BCUT2D eigenvalue weighted by Gasteiger charge is -2.08. The Hall–Kier alpha value is 0.800. The SMILES string of the molecule is OC(c1cc(Br)sc1Br)c1sccc1Br. The van der Waals surface area contributed by atoms with E-state index in [0.29, 0.717) is 0 Å². The zero-order chi connectivity index (χ0) is 11.0. The van der Waals surface area contributed by atoms with Gasteiger partial charge in [-0.05, 0) is 65.3 Å². The number of hydrogen-bond donors (Lipinski definition) is 1. The number of aliphatic hydroxyl groups is 1. The lowest BCUT2D eigenvalue weighted by Crippen LogP contribution is -1.96. The van der Waals surface area contributed by atoms with Crippen molar-refractivity contribution in [3.05, 3.63) is 40.0 Å². The lowest BCUT2D eigenvalue weighted by atomic mass is 10.2. The molecule has 15 heavy (non-hydrogen) atoms. The molecular weight excluding hydrogens is 428 g/mol. The maximum absolute atomic E-state index is 10.2. The molecule has 0 bridgehead atoms. The minimum absolute atomic E-state index is 0.573. The molecular formula is C9H5Br3OS2. The summed E-state index contributed by atoms with van der Waals surface area (Å²) in [4.78, 5) is 0.931. The first-order chi connectivity index (χ1) is 7.09. The molecule has 0 aliphatic carbocycles. The first-order valence-electron chi connectivity index (χ1n) is 3.95. The monoisotopic (exact) mass is 430 g/mol. The van der Waals surface area contributed by atoms with Gasteiger partial charge in [-0.3, -0.25) is 0 Å². The molecule has 6 heteroatoms. The van der Waals surface area contributed by atoms with Crippen LogP contribution in [0.4, 0.5) is 0 Å². The van der Waals surface area contributed by atoms with Gasteiger partial charge in [0, 0.05) is 10.0 Å². The van der Waals surface area contributed by atoms with Crippen molar-refractivity contribution >= 4 is 70.5 Å². The summed E-state index contributed by atoms with van der Waals surface area (Å²) in [7, 11) is 0. The standard InChI is InChI=1S/C9H5Br3OS2/c10-5-1-2-14-8(5)7(13)4-3-6(11)15-9(4)12/h1-3,7,13H. The smallest absolute Gasteiger partial charge is 0.116 e. The van der Waals surface area contributed by atoms with Gasteiger partial charge in [-0.1, -0.05) is 0 Å². The Labute approximate surface area is 121 Å². The molecule has 1 N–H and O–H groups in total. The van der Waals surface area contributed by atoms with E-state index in [0.717, 1.165) is 22.5 Å². The summed E-state index contributed by atoms with van der Waals surface area (Å²) < 4.78 is 2.92. The number of halogens is 3. The van der Waals surface area contributed by atoms with Gasteiger partial charge in [-0.25, -0.2) is 0 Å². The molecule has 2 heterocycles. The van der Waals surface area contributed by atoms with Gasteiger partial charge in [0.15, 0.2) is 0 Å². The van der Waals surface area contributed by atoms with E-state index in [2.05, 4.69) is 47.8 Å². The predicted molar refractivity (Wildman–Crippen MR) is 75.8 cm³/mol. The van der Waals surface area contributed by atoms with Crippen LogP contribution >= 0.6 is 70.5 Å². The summed E-state index contributed by atoms with van der Waals surface area (Å²) in [6, 6.07) is 3.88. The first-order valence-corrected chi connectivity index (χ1v) is 8.03. The van der Waals surface area contributed by atoms with E-state index in [9.17, 15) is 5.11 Å². The van der Waals surface area contributed by atoms with Crippen molar-refractivity contribution < 1.29 is 5.11 Å². The molecule has 0 aliphatic heterocycles. The molecule has 0 saturated heterocycles. The maximum Gasteiger partial charge on any atom is 0.116 e. The van der Waals surface area contributed by atoms with Crippen LogP contribution in [0.3, 0.4) is 0 Å². The first kappa shape index (κ1) is 12.3. The van der Waals surface area contributed by atoms with Crippen LogP contribution in [-0.4, -0.2) is 5.11 Å². The fraction of sp³-hybridized carbons (Fsp3) is 0.111. The average Bonchev–Trinajstić information content (AvgIpc) is 2.71. The van der Waals surface area contributed by atoms with Crippen LogP contribution in [-0.2, 0) is 0 Å². The van der Waals surface area contributed by atoms with Gasteiger partial charge >= 0.3 is 0 Å². The van der Waals surface area contributed by atoms with Crippen molar-refractivity contribution in [1.29, 1.82) is 0 Å². The quantitative estimate of drug-likeness (QED) is 0.693.